The van der Waals surface area contributed by atoms with Gasteiger partial charge in [-0.2, -0.15) is 0 Å². The molecule has 4 N–H and O–H groups in total. The fourth-order valence-corrected chi connectivity index (χ4v) is 1.83. The highest BCUT2D eigenvalue weighted by atomic mass is 16.5. The van der Waals surface area contributed by atoms with Gasteiger partial charge in [-0.1, -0.05) is 24.3 Å². The third kappa shape index (κ3) is 2.81. The van der Waals surface area contributed by atoms with E-state index in [4.69, 9.17) is 16.2 Å². The van der Waals surface area contributed by atoms with Crippen molar-refractivity contribution in [2.75, 3.05) is 12.3 Å². The molecule has 0 aliphatic heterocycles. The Bertz CT molecular complexity index is 491. The summed E-state index contributed by atoms with van der Waals surface area (Å²) in [5.41, 5.74) is 14.7. The summed E-state index contributed by atoms with van der Waals surface area (Å²) in [6, 6.07) is 15.4. The molecule has 3 heteroatoms. The highest BCUT2D eigenvalue weighted by Crippen LogP contribution is 2.22. The second-order valence-electron chi connectivity index (χ2n) is 4.15. The lowest BCUT2D eigenvalue weighted by molar-refractivity contribution is 0.340. The molecule has 1 unspecified atom stereocenters. The first-order valence-electron chi connectivity index (χ1n) is 6.04. The molecule has 0 bridgehead atoms. The summed E-state index contributed by atoms with van der Waals surface area (Å²) in [4.78, 5) is 0. The number of benzene rings is 2. The largest absolute Gasteiger partial charge is 0.494 e. The van der Waals surface area contributed by atoms with Crippen LogP contribution in [0.1, 0.15) is 24.1 Å². The first-order valence-corrected chi connectivity index (χ1v) is 6.04. The molecule has 2 aromatic carbocycles. The van der Waals surface area contributed by atoms with Gasteiger partial charge in [0.25, 0.3) is 0 Å². The Labute approximate surface area is 107 Å². The molecule has 0 aliphatic carbocycles. The van der Waals surface area contributed by atoms with Crippen LogP contribution in [-0.4, -0.2) is 6.61 Å². The van der Waals surface area contributed by atoms with E-state index in [0.717, 1.165) is 22.6 Å². The standard InChI is InChI=1S/C15H18N2O/c1-2-18-14-9-5-12(6-10-14)15(17)11-3-7-13(16)8-4-11/h3-10,15H,2,16-17H2,1H3. The fraction of sp³-hybridized carbons (Fsp3) is 0.200. The molecule has 0 aromatic heterocycles. The lowest BCUT2D eigenvalue weighted by Crippen LogP contribution is -2.11. The van der Waals surface area contributed by atoms with Crippen LogP contribution in [0.3, 0.4) is 0 Å². The van der Waals surface area contributed by atoms with E-state index >= 15 is 0 Å². The van der Waals surface area contributed by atoms with Gasteiger partial charge >= 0.3 is 0 Å². The minimum atomic E-state index is -0.138. The zero-order valence-electron chi connectivity index (χ0n) is 10.5. The molecule has 1 atom stereocenters. The van der Waals surface area contributed by atoms with E-state index in [-0.39, 0.29) is 6.04 Å². The van der Waals surface area contributed by atoms with Gasteiger partial charge in [-0.3, -0.25) is 0 Å². The number of hydrogen-bond donors (Lipinski definition) is 2. The Balaban J connectivity index is 2.17. The quantitative estimate of drug-likeness (QED) is 0.810. The summed E-state index contributed by atoms with van der Waals surface area (Å²) >= 11 is 0. The Morgan fingerprint density at radius 1 is 0.944 bits per heavy atom. The van der Waals surface area contributed by atoms with Crippen LogP contribution in [-0.2, 0) is 0 Å². The van der Waals surface area contributed by atoms with Gasteiger partial charge in [0.1, 0.15) is 5.75 Å². The maximum Gasteiger partial charge on any atom is 0.119 e. The van der Waals surface area contributed by atoms with Gasteiger partial charge in [-0.05, 0) is 42.3 Å². The van der Waals surface area contributed by atoms with Gasteiger partial charge < -0.3 is 16.2 Å². The third-order valence-corrected chi connectivity index (χ3v) is 2.85. The molecule has 0 fully saturated rings. The van der Waals surface area contributed by atoms with E-state index in [1.165, 1.54) is 0 Å². The molecule has 0 saturated carbocycles. The Kier molecular flexibility index (Phi) is 3.85. The van der Waals surface area contributed by atoms with Crippen molar-refractivity contribution in [2.45, 2.75) is 13.0 Å². The summed E-state index contributed by atoms with van der Waals surface area (Å²) < 4.78 is 5.40. The molecule has 18 heavy (non-hydrogen) atoms. The predicted octanol–water partition coefficient (Wildman–Crippen LogP) is 2.72. The lowest BCUT2D eigenvalue weighted by atomic mass is 9.99. The van der Waals surface area contributed by atoms with Crippen molar-refractivity contribution in [3.05, 3.63) is 59.7 Å². The molecule has 2 rings (SSSR count). The number of nitrogens with two attached hydrogens (primary N) is 2. The first kappa shape index (κ1) is 12.5. The molecule has 0 aliphatic rings. The predicted molar refractivity (Wildman–Crippen MR) is 74.5 cm³/mol. The highest BCUT2D eigenvalue weighted by molar-refractivity contribution is 5.42. The molecule has 0 radical (unpaired) electrons. The average Bonchev–Trinajstić information content (AvgIpc) is 2.40. The summed E-state index contributed by atoms with van der Waals surface area (Å²) in [6.07, 6.45) is 0. The van der Waals surface area contributed by atoms with E-state index in [0.29, 0.717) is 6.61 Å². The van der Waals surface area contributed by atoms with Crippen molar-refractivity contribution in [2.24, 2.45) is 5.73 Å². The van der Waals surface area contributed by atoms with Crippen molar-refractivity contribution < 1.29 is 4.74 Å². The van der Waals surface area contributed by atoms with Crippen molar-refractivity contribution in [3.8, 4) is 5.75 Å². The van der Waals surface area contributed by atoms with Gasteiger partial charge in [0, 0.05) is 5.69 Å². The zero-order valence-corrected chi connectivity index (χ0v) is 10.5. The number of rotatable bonds is 4. The van der Waals surface area contributed by atoms with Crippen LogP contribution in [0.4, 0.5) is 5.69 Å². The maximum absolute atomic E-state index is 6.21. The molecule has 94 valence electrons. The van der Waals surface area contributed by atoms with Crippen molar-refractivity contribution in [3.63, 3.8) is 0 Å². The average molecular weight is 242 g/mol. The van der Waals surface area contributed by atoms with Crippen molar-refractivity contribution in [1.82, 2.24) is 0 Å². The summed E-state index contributed by atoms with van der Waals surface area (Å²) in [5.74, 6) is 0.866. The monoisotopic (exact) mass is 242 g/mol. The molecule has 0 amide bonds. The van der Waals surface area contributed by atoms with Gasteiger partial charge in [0.05, 0.1) is 12.6 Å². The smallest absolute Gasteiger partial charge is 0.119 e. The summed E-state index contributed by atoms with van der Waals surface area (Å²) in [5, 5.41) is 0. The lowest BCUT2D eigenvalue weighted by Gasteiger charge is -2.13. The van der Waals surface area contributed by atoms with Crippen LogP contribution in [0.25, 0.3) is 0 Å². The van der Waals surface area contributed by atoms with E-state index in [2.05, 4.69) is 0 Å². The third-order valence-electron chi connectivity index (χ3n) is 2.85. The van der Waals surface area contributed by atoms with E-state index < -0.39 is 0 Å². The van der Waals surface area contributed by atoms with Crippen molar-refractivity contribution >= 4 is 5.69 Å². The molecular weight excluding hydrogens is 224 g/mol. The molecule has 2 aromatic rings. The summed E-state index contributed by atoms with van der Waals surface area (Å²) in [7, 11) is 0. The number of nitrogen functional groups attached to an aromatic ring is 1. The Morgan fingerprint density at radius 2 is 1.44 bits per heavy atom. The molecule has 0 heterocycles. The van der Waals surface area contributed by atoms with Crippen LogP contribution < -0.4 is 16.2 Å². The second kappa shape index (κ2) is 5.56. The number of ether oxygens (including phenoxy) is 1. The maximum atomic E-state index is 6.21. The van der Waals surface area contributed by atoms with Crippen LogP contribution in [0.15, 0.2) is 48.5 Å². The van der Waals surface area contributed by atoms with Gasteiger partial charge in [-0.15, -0.1) is 0 Å². The molecule has 0 spiro atoms. The van der Waals surface area contributed by atoms with Gasteiger partial charge in [0.2, 0.25) is 0 Å². The normalized spacial score (nSPS) is 12.1. The highest BCUT2D eigenvalue weighted by Gasteiger charge is 2.08. The topological polar surface area (TPSA) is 61.3 Å². The Morgan fingerprint density at radius 3 is 1.94 bits per heavy atom. The van der Waals surface area contributed by atoms with Gasteiger partial charge in [0.15, 0.2) is 0 Å². The number of hydrogen-bond acceptors (Lipinski definition) is 3. The van der Waals surface area contributed by atoms with Crippen LogP contribution >= 0.6 is 0 Å². The van der Waals surface area contributed by atoms with Crippen molar-refractivity contribution in [1.29, 1.82) is 0 Å². The molecular formula is C15H18N2O. The van der Waals surface area contributed by atoms with Crippen LogP contribution in [0, 0.1) is 0 Å². The van der Waals surface area contributed by atoms with E-state index in [9.17, 15) is 0 Å². The zero-order chi connectivity index (χ0) is 13.0. The first-order chi connectivity index (χ1) is 8.70. The minimum absolute atomic E-state index is 0.138. The molecule has 0 saturated heterocycles. The minimum Gasteiger partial charge on any atom is -0.494 e. The SMILES string of the molecule is CCOc1ccc(C(N)c2ccc(N)cc2)cc1. The molecule has 3 nitrogen and oxygen atoms in total. The number of anilines is 1. The fourth-order valence-electron chi connectivity index (χ4n) is 1.83. The van der Waals surface area contributed by atoms with E-state index in [1.54, 1.807) is 0 Å². The Hall–Kier alpha value is -2.00. The second-order valence-corrected chi connectivity index (χ2v) is 4.15. The van der Waals surface area contributed by atoms with Crippen LogP contribution in [0.5, 0.6) is 5.75 Å². The van der Waals surface area contributed by atoms with Gasteiger partial charge in [-0.25, -0.2) is 0 Å². The van der Waals surface area contributed by atoms with Crippen LogP contribution in [0.2, 0.25) is 0 Å². The van der Waals surface area contributed by atoms with E-state index in [1.807, 2.05) is 55.5 Å². The summed E-state index contributed by atoms with van der Waals surface area (Å²) in [6.45, 7) is 2.64.